The van der Waals surface area contributed by atoms with Crippen LogP contribution in [0.15, 0.2) is 6.07 Å². The first-order chi connectivity index (χ1) is 9.15. The van der Waals surface area contributed by atoms with E-state index < -0.39 is 0 Å². The summed E-state index contributed by atoms with van der Waals surface area (Å²) in [4.78, 5) is 11.4. The monoisotopic (exact) mass is 282 g/mol. The number of nitrogens with one attached hydrogen (secondary N) is 1. The average Bonchev–Trinajstić information content (AvgIpc) is 2.44. The van der Waals surface area contributed by atoms with Crippen LogP contribution in [0.5, 0.6) is 0 Å². The molecule has 1 heterocycles. The highest BCUT2D eigenvalue weighted by atomic mass is 32.2. The summed E-state index contributed by atoms with van der Waals surface area (Å²) in [6, 6.07) is 2.56. The first kappa shape index (κ1) is 16.1. The fourth-order valence-corrected chi connectivity index (χ4v) is 2.82. The third-order valence-corrected chi connectivity index (χ3v) is 3.89. The molecule has 0 amide bonds. The van der Waals surface area contributed by atoms with Crippen molar-refractivity contribution in [3.8, 4) is 0 Å². The Hall–Kier alpha value is -0.970. The fourth-order valence-electron chi connectivity index (χ4n) is 1.98. The predicted octanol–water partition coefficient (Wildman–Crippen LogP) is 3.05. The molecule has 0 aromatic carbocycles. The largest absolute Gasteiger partial charge is 0.370 e. The van der Waals surface area contributed by atoms with E-state index in [0.717, 1.165) is 42.6 Å². The predicted molar refractivity (Wildman–Crippen MR) is 86.4 cm³/mol. The van der Waals surface area contributed by atoms with Crippen LogP contribution in [0.25, 0.3) is 0 Å². The number of thioether (sulfide) groups is 1. The number of anilines is 2. The lowest BCUT2D eigenvalue weighted by atomic mass is 10.2. The Kier molecular flexibility index (Phi) is 6.99. The molecule has 0 aliphatic carbocycles. The Bertz CT molecular complexity index is 384. The third-order valence-electron chi connectivity index (χ3n) is 3.17. The van der Waals surface area contributed by atoms with Gasteiger partial charge < -0.3 is 10.2 Å². The Morgan fingerprint density at radius 2 is 2.05 bits per heavy atom. The summed E-state index contributed by atoms with van der Waals surface area (Å²) in [6.07, 6.45) is 4.14. The van der Waals surface area contributed by atoms with Crippen LogP contribution in [0, 0.1) is 0 Å². The van der Waals surface area contributed by atoms with Crippen LogP contribution in [0.2, 0.25) is 0 Å². The van der Waals surface area contributed by atoms with Crippen molar-refractivity contribution in [2.45, 2.75) is 39.7 Å². The molecule has 1 aromatic rings. The first-order valence-electron chi connectivity index (χ1n) is 6.99. The Morgan fingerprint density at radius 3 is 2.58 bits per heavy atom. The van der Waals surface area contributed by atoms with E-state index in [9.17, 15) is 0 Å². The van der Waals surface area contributed by atoms with Crippen LogP contribution in [0.1, 0.15) is 33.0 Å². The highest BCUT2D eigenvalue weighted by Crippen LogP contribution is 2.20. The second-order valence-corrected chi connectivity index (χ2v) is 5.45. The molecule has 5 heteroatoms. The van der Waals surface area contributed by atoms with Crippen LogP contribution in [-0.4, -0.2) is 41.6 Å². The molecule has 4 nitrogen and oxygen atoms in total. The summed E-state index contributed by atoms with van der Waals surface area (Å²) in [5.74, 6) is 3.97. The SMILES string of the molecule is CCNc1cc(N(C)C(CC)CSC)nc(CC)n1. The zero-order valence-electron chi connectivity index (χ0n) is 12.7. The molecule has 0 aliphatic heterocycles. The first-order valence-corrected chi connectivity index (χ1v) is 8.39. The minimum atomic E-state index is 0.518. The Labute approximate surface area is 121 Å². The van der Waals surface area contributed by atoms with Gasteiger partial charge in [-0.25, -0.2) is 9.97 Å². The topological polar surface area (TPSA) is 41.0 Å². The van der Waals surface area contributed by atoms with Crippen molar-refractivity contribution in [2.24, 2.45) is 0 Å². The molecule has 0 radical (unpaired) electrons. The second kappa shape index (κ2) is 8.25. The summed E-state index contributed by atoms with van der Waals surface area (Å²) in [7, 11) is 2.13. The van der Waals surface area contributed by atoms with Crippen molar-refractivity contribution in [1.82, 2.24) is 9.97 Å². The van der Waals surface area contributed by atoms with E-state index in [2.05, 4.69) is 54.3 Å². The van der Waals surface area contributed by atoms with Gasteiger partial charge in [0.1, 0.15) is 17.5 Å². The highest BCUT2D eigenvalue weighted by Gasteiger charge is 2.15. The molecule has 0 fully saturated rings. The van der Waals surface area contributed by atoms with Gasteiger partial charge in [-0.1, -0.05) is 13.8 Å². The van der Waals surface area contributed by atoms with Gasteiger partial charge in [0, 0.05) is 37.9 Å². The quantitative estimate of drug-likeness (QED) is 0.793. The van der Waals surface area contributed by atoms with Crippen LogP contribution in [0.4, 0.5) is 11.6 Å². The lowest BCUT2D eigenvalue weighted by molar-refractivity contribution is 0.663. The van der Waals surface area contributed by atoms with Gasteiger partial charge in [0.25, 0.3) is 0 Å². The van der Waals surface area contributed by atoms with Gasteiger partial charge in [-0.3, -0.25) is 0 Å². The van der Waals surface area contributed by atoms with E-state index >= 15 is 0 Å². The second-order valence-electron chi connectivity index (χ2n) is 4.54. The summed E-state index contributed by atoms with van der Waals surface area (Å²) in [5, 5.41) is 3.28. The maximum atomic E-state index is 4.65. The number of aromatic nitrogens is 2. The van der Waals surface area contributed by atoms with E-state index in [4.69, 9.17) is 0 Å². The molecule has 0 bridgehead atoms. The molecule has 1 rings (SSSR count). The smallest absolute Gasteiger partial charge is 0.134 e. The third kappa shape index (κ3) is 4.56. The lowest BCUT2D eigenvalue weighted by Crippen LogP contribution is -2.34. The minimum Gasteiger partial charge on any atom is -0.370 e. The molecule has 1 aromatic heterocycles. The van der Waals surface area contributed by atoms with Gasteiger partial charge in [0.2, 0.25) is 0 Å². The standard InChI is InChI=1S/C14H26N4S/c1-6-11(10-19-5)18(4)14-9-13(15-8-3)16-12(7-2)17-14/h9,11H,6-8,10H2,1-5H3,(H,15,16,17). The maximum absolute atomic E-state index is 4.65. The fraction of sp³-hybridized carbons (Fsp3) is 0.714. The Balaban J connectivity index is 2.99. The van der Waals surface area contributed by atoms with Crippen molar-refractivity contribution in [3.05, 3.63) is 11.9 Å². The van der Waals surface area contributed by atoms with E-state index in [1.165, 1.54) is 0 Å². The molecule has 1 N–H and O–H groups in total. The van der Waals surface area contributed by atoms with E-state index in [1.54, 1.807) is 0 Å². The van der Waals surface area contributed by atoms with E-state index in [1.807, 2.05) is 17.8 Å². The summed E-state index contributed by atoms with van der Waals surface area (Å²) < 4.78 is 0. The summed E-state index contributed by atoms with van der Waals surface area (Å²) >= 11 is 1.88. The number of hydrogen-bond acceptors (Lipinski definition) is 5. The zero-order chi connectivity index (χ0) is 14.3. The molecule has 19 heavy (non-hydrogen) atoms. The van der Waals surface area contributed by atoms with Crippen LogP contribution >= 0.6 is 11.8 Å². The molecule has 1 unspecified atom stereocenters. The van der Waals surface area contributed by atoms with Gasteiger partial charge in [-0.05, 0) is 19.6 Å². The van der Waals surface area contributed by atoms with E-state index in [-0.39, 0.29) is 0 Å². The van der Waals surface area contributed by atoms with E-state index in [0.29, 0.717) is 6.04 Å². The number of rotatable bonds is 8. The molecule has 0 spiro atoms. The van der Waals surface area contributed by atoms with Crippen LogP contribution in [0.3, 0.4) is 0 Å². The Morgan fingerprint density at radius 1 is 1.32 bits per heavy atom. The molecular formula is C14H26N4S. The number of nitrogens with zero attached hydrogens (tertiary/aromatic N) is 3. The van der Waals surface area contributed by atoms with Crippen LogP contribution < -0.4 is 10.2 Å². The van der Waals surface area contributed by atoms with Crippen molar-refractivity contribution >= 4 is 23.4 Å². The summed E-state index contributed by atoms with van der Waals surface area (Å²) in [5.41, 5.74) is 0. The highest BCUT2D eigenvalue weighted by molar-refractivity contribution is 7.98. The number of aryl methyl sites for hydroxylation is 1. The van der Waals surface area contributed by atoms with Crippen molar-refractivity contribution in [2.75, 3.05) is 35.8 Å². The van der Waals surface area contributed by atoms with Gasteiger partial charge in [0.05, 0.1) is 0 Å². The van der Waals surface area contributed by atoms with Gasteiger partial charge >= 0.3 is 0 Å². The van der Waals surface area contributed by atoms with Crippen LogP contribution in [-0.2, 0) is 6.42 Å². The van der Waals surface area contributed by atoms with Gasteiger partial charge in [0.15, 0.2) is 0 Å². The van der Waals surface area contributed by atoms with Crippen molar-refractivity contribution in [1.29, 1.82) is 0 Å². The van der Waals surface area contributed by atoms with Gasteiger partial charge in [-0.15, -0.1) is 0 Å². The molecule has 0 aliphatic rings. The molecular weight excluding hydrogens is 256 g/mol. The molecule has 108 valence electrons. The van der Waals surface area contributed by atoms with Crippen molar-refractivity contribution < 1.29 is 0 Å². The maximum Gasteiger partial charge on any atom is 0.134 e. The normalized spacial score (nSPS) is 12.3. The van der Waals surface area contributed by atoms with Crippen molar-refractivity contribution in [3.63, 3.8) is 0 Å². The molecule has 0 saturated carbocycles. The molecule has 1 atom stereocenters. The van der Waals surface area contributed by atoms with Gasteiger partial charge in [-0.2, -0.15) is 11.8 Å². The number of hydrogen-bond donors (Lipinski definition) is 1. The summed E-state index contributed by atoms with van der Waals surface area (Å²) in [6.45, 7) is 7.28. The molecule has 0 saturated heterocycles. The average molecular weight is 282 g/mol. The minimum absolute atomic E-state index is 0.518. The zero-order valence-corrected chi connectivity index (χ0v) is 13.5. The lowest BCUT2D eigenvalue weighted by Gasteiger charge is -2.28.